The Kier molecular flexibility index (Phi) is 4.00. The van der Waals surface area contributed by atoms with Crippen LogP contribution in [0, 0.1) is 6.92 Å². The fourth-order valence-electron chi connectivity index (χ4n) is 1.12. The molecule has 4 nitrogen and oxygen atoms in total. The van der Waals surface area contributed by atoms with Crippen molar-refractivity contribution in [2.45, 2.75) is 24.8 Å². The molecule has 14 heavy (non-hydrogen) atoms. The number of thioether (sulfide) groups is 1. The molecule has 0 radical (unpaired) electrons. The van der Waals surface area contributed by atoms with Gasteiger partial charge in [-0.05, 0) is 19.4 Å². The minimum absolute atomic E-state index is 0.240. The molecule has 78 valence electrons. The summed E-state index contributed by atoms with van der Waals surface area (Å²) in [4.78, 5) is 10.3. The maximum Gasteiger partial charge on any atom is 0.303 e. The Morgan fingerprint density at radius 2 is 2.43 bits per heavy atom. The van der Waals surface area contributed by atoms with Gasteiger partial charge >= 0.3 is 5.97 Å². The molecule has 0 unspecified atom stereocenters. The highest BCUT2D eigenvalue weighted by Crippen LogP contribution is 2.19. The molecule has 0 amide bonds. The zero-order valence-electron chi connectivity index (χ0n) is 8.36. The van der Waals surface area contributed by atoms with Gasteiger partial charge in [-0.3, -0.25) is 9.48 Å². The normalized spacial score (nSPS) is 10.4. The fraction of sp³-hybridized carbons (Fsp3) is 0.556. The van der Waals surface area contributed by atoms with Crippen molar-refractivity contribution in [1.29, 1.82) is 0 Å². The second-order valence-electron chi connectivity index (χ2n) is 3.09. The first-order valence-electron chi connectivity index (χ1n) is 4.45. The lowest BCUT2D eigenvalue weighted by Crippen LogP contribution is -1.96. The first-order valence-corrected chi connectivity index (χ1v) is 5.43. The molecule has 1 aromatic rings. The summed E-state index contributed by atoms with van der Waals surface area (Å²) in [5.41, 5.74) is 0.994. The van der Waals surface area contributed by atoms with E-state index in [4.69, 9.17) is 5.11 Å². The molecule has 1 aromatic heterocycles. The average molecular weight is 214 g/mol. The Morgan fingerprint density at radius 1 is 1.71 bits per heavy atom. The summed E-state index contributed by atoms with van der Waals surface area (Å²) in [6.45, 7) is 1.95. The Morgan fingerprint density at radius 3 is 2.93 bits per heavy atom. The molecule has 0 saturated heterocycles. The zero-order valence-corrected chi connectivity index (χ0v) is 9.17. The van der Waals surface area contributed by atoms with Gasteiger partial charge in [0, 0.05) is 19.2 Å². The molecule has 0 aliphatic rings. The molecular weight excluding hydrogens is 200 g/mol. The van der Waals surface area contributed by atoms with E-state index in [1.54, 1.807) is 11.8 Å². The van der Waals surface area contributed by atoms with Gasteiger partial charge in [0.05, 0.1) is 10.7 Å². The Balaban J connectivity index is 2.31. The van der Waals surface area contributed by atoms with Crippen LogP contribution in [0.3, 0.4) is 0 Å². The average Bonchev–Trinajstić information content (AvgIpc) is 2.39. The van der Waals surface area contributed by atoms with Crippen molar-refractivity contribution in [2.24, 2.45) is 7.05 Å². The summed E-state index contributed by atoms with van der Waals surface area (Å²) in [6, 6.07) is 2.01. The summed E-state index contributed by atoms with van der Waals surface area (Å²) in [5, 5.41) is 13.7. The van der Waals surface area contributed by atoms with E-state index in [0.29, 0.717) is 6.42 Å². The molecule has 0 saturated carbocycles. The lowest BCUT2D eigenvalue weighted by atomic mass is 10.3. The molecule has 0 aromatic carbocycles. The first-order chi connectivity index (χ1) is 6.59. The van der Waals surface area contributed by atoms with Gasteiger partial charge in [-0.15, -0.1) is 11.8 Å². The summed E-state index contributed by atoms with van der Waals surface area (Å²) in [6.07, 6.45) is 0.939. The van der Waals surface area contributed by atoms with Gasteiger partial charge in [-0.1, -0.05) is 0 Å². The number of aryl methyl sites for hydroxylation is 2. The monoisotopic (exact) mass is 214 g/mol. The second-order valence-corrected chi connectivity index (χ2v) is 4.21. The summed E-state index contributed by atoms with van der Waals surface area (Å²) < 4.78 is 1.82. The lowest BCUT2D eigenvalue weighted by Gasteiger charge is -1.99. The van der Waals surface area contributed by atoms with Gasteiger partial charge in [0.15, 0.2) is 0 Å². The predicted molar refractivity (Wildman–Crippen MR) is 55.5 cm³/mol. The number of hydrogen-bond acceptors (Lipinski definition) is 3. The van der Waals surface area contributed by atoms with Crippen molar-refractivity contribution in [3.05, 3.63) is 11.8 Å². The van der Waals surface area contributed by atoms with Crippen LogP contribution >= 0.6 is 11.8 Å². The van der Waals surface area contributed by atoms with Crippen LogP contribution in [-0.4, -0.2) is 26.6 Å². The van der Waals surface area contributed by atoms with Crippen LogP contribution in [0.1, 0.15) is 18.5 Å². The van der Waals surface area contributed by atoms with E-state index in [-0.39, 0.29) is 6.42 Å². The van der Waals surface area contributed by atoms with E-state index >= 15 is 0 Å². The number of carbonyl (C=O) groups is 1. The number of carboxylic acids is 1. The number of aromatic nitrogens is 2. The summed E-state index contributed by atoms with van der Waals surface area (Å²) in [5.74, 6) is 0.0948. The van der Waals surface area contributed by atoms with Crippen molar-refractivity contribution in [3.8, 4) is 0 Å². The Bertz CT molecular complexity index is 323. The fourth-order valence-corrected chi connectivity index (χ4v) is 2.10. The van der Waals surface area contributed by atoms with Crippen LogP contribution < -0.4 is 0 Å². The third kappa shape index (κ3) is 3.41. The molecule has 1 rings (SSSR count). The Hall–Kier alpha value is -0.970. The van der Waals surface area contributed by atoms with Crippen LogP contribution in [0.25, 0.3) is 0 Å². The predicted octanol–water partition coefficient (Wildman–Crippen LogP) is 1.69. The van der Waals surface area contributed by atoms with Gasteiger partial charge in [-0.2, -0.15) is 5.10 Å². The SMILES string of the molecule is Cc1cc(SCCCC(=O)O)n(C)n1. The topological polar surface area (TPSA) is 55.1 Å². The summed E-state index contributed by atoms with van der Waals surface area (Å²) >= 11 is 1.65. The van der Waals surface area contributed by atoms with Crippen molar-refractivity contribution in [2.75, 3.05) is 5.75 Å². The third-order valence-electron chi connectivity index (χ3n) is 1.74. The highest BCUT2D eigenvalue weighted by atomic mass is 32.2. The Labute approximate surface area is 87.3 Å². The van der Waals surface area contributed by atoms with E-state index in [1.165, 1.54) is 0 Å². The number of carboxylic acid groups (broad SMARTS) is 1. The van der Waals surface area contributed by atoms with Crippen LogP contribution in [0.4, 0.5) is 0 Å². The molecule has 0 bridgehead atoms. The van der Waals surface area contributed by atoms with Gasteiger partial charge in [0.1, 0.15) is 0 Å². The van der Waals surface area contributed by atoms with Crippen molar-refractivity contribution < 1.29 is 9.90 Å². The van der Waals surface area contributed by atoms with E-state index in [0.717, 1.165) is 16.5 Å². The molecular formula is C9H14N2O2S. The third-order valence-corrected chi connectivity index (χ3v) is 2.91. The van der Waals surface area contributed by atoms with Crippen LogP contribution in [0.5, 0.6) is 0 Å². The van der Waals surface area contributed by atoms with Crippen molar-refractivity contribution in [1.82, 2.24) is 9.78 Å². The molecule has 0 atom stereocenters. The van der Waals surface area contributed by atoms with Crippen molar-refractivity contribution in [3.63, 3.8) is 0 Å². The number of nitrogens with zero attached hydrogens (tertiary/aromatic N) is 2. The molecule has 0 fully saturated rings. The maximum absolute atomic E-state index is 10.3. The van der Waals surface area contributed by atoms with Crippen LogP contribution in [0.15, 0.2) is 11.1 Å². The van der Waals surface area contributed by atoms with E-state index in [9.17, 15) is 4.79 Å². The molecule has 1 N–H and O–H groups in total. The van der Waals surface area contributed by atoms with E-state index < -0.39 is 5.97 Å². The quantitative estimate of drug-likeness (QED) is 0.598. The largest absolute Gasteiger partial charge is 0.481 e. The molecule has 0 aliphatic heterocycles. The highest BCUT2D eigenvalue weighted by molar-refractivity contribution is 7.99. The smallest absolute Gasteiger partial charge is 0.303 e. The van der Waals surface area contributed by atoms with Gasteiger partial charge < -0.3 is 5.11 Å². The minimum Gasteiger partial charge on any atom is -0.481 e. The summed E-state index contributed by atoms with van der Waals surface area (Å²) in [7, 11) is 1.90. The minimum atomic E-state index is -0.730. The number of rotatable bonds is 5. The number of aliphatic carboxylic acids is 1. The van der Waals surface area contributed by atoms with Crippen LogP contribution in [0.2, 0.25) is 0 Å². The zero-order chi connectivity index (χ0) is 10.6. The molecule has 0 spiro atoms. The van der Waals surface area contributed by atoms with Gasteiger partial charge in [0.25, 0.3) is 0 Å². The van der Waals surface area contributed by atoms with E-state index in [2.05, 4.69) is 5.10 Å². The molecule has 5 heteroatoms. The second kappa shape index (κ2) is 5.05. The first kappa shape index (κ1) is 11.1. The molecule has 0 aliphatic carbocycles. The lowest BCUT2D eigenvalue weighted by molar-refractivity contribution is -0.137. The van der Waals surface area contributed by atoms with E-state index in [1.807, 2.05) is 24.7 Å². The van der Waals surface area contributed by atoms with Gasteiger partial charge in [-0.25, -0.2) is 0 Å². The van der Waals surface area contributed by atoms with Crippen molar-refractivity contribution >= 4 is 17.7 Å². The number of hydrogen-bond donors (Lipinski definition) is 1. The van der Waals surface area contributed by atoms with Crippen LogP contribution in [-0.2, 0) is 11.8 Å². The highest BCUT2D eigenvalue weighted by Gasteiger charge is 2.03. The molecule has 1 heterocycles. The van der Waals surface area contributed by atoms with Gasteiger partial charge in [0.2, 0.25) is 0 Å². The standard InChI is InChI=1S/C9H14N2O2S/c1-7-6-8(11(2)10-7)14-5-3-4-9(12)13/h6H,3-5H2,1-2H3,(H,12,13). The maximum atomic E-state index is 10.3.